The number of hydrogen-bond donors (Lipinski definition) is 0. The highest BCUT2D eigenvalue weighted by Crippen LogP contribution is 2.28. The van der Waals surface area contributed by atoms with Crippen molar-refractivity contribution in [2.45, 2.75) is 12.8 Å². The number of likely N-dealkylation sites (tertiary alicyclic amines) is 1. The van der Waals surface area contributed by atoms with E-state index in [0.29, 0.717) is 64.2 Å². The minimum Gasteiger partial charge on any atom is -0.339 e. The normalized spacial score (nSPS) is 16.7. The Hall–Kier alpha value is -2.73. The van der Waals surface area contributed by atoms with Gasteiger partial charge >= 0.3 is 11.7 Å². The molecule has 0 bridgehead atoms. The van der Waals surface area contributed by atoms with E-state index in [0.717, 1.165) is 12.8 Å². The summed E-state index contributed by atoms with van der Waals surface area (Å²) in [6, 6.07) is 11.5. The summed E-state index contributed by atoms with van der Waals surface area (Å²) in [5.41, 5.74) is 1.86. The van der Waals surface area contributed by atoms with Crippen molar-refractivity contribution in [3.63, 3.8) is 0 Å². The second-order valence-electron chi connectivity index (χ2n) is 6.98. The van der Waals surface area contributed by atoms with Gasteiger partial charge in [0.15, 0.2) is 11.6 Å². The molecular formula is C21H18NO4S+. The monoisotopic (exact) mass is 380 g/mol. The van der Waals surface area contributed by atoms with E-state index in [-0.39, 0.29) is 17.5 Å². The molecule has 2 aliphatic rings. The van der Waals surface area contributed by atoms with Crippen LogP contribution in [0.15, 0.2) is 42.5 Å². The molecule has 1 saturated heterocycles. The summed E-state index contributed by atoms with van der Waals surface area (Å²) >= 11 is 0.602. The molecule has 0 unspecified atom stereocenters. The maximum atomic E-state index is 12.8. The molecule has 1 heterocycles. The second-order valence-corrected chi connectivity index (χ2v) is 7.55. The minimum absolute atomic E-state index is 0.134. The van der Waals surface area contributed by atoms with Crippen LogP contribution in [0.1, 0.15) is 55.0 Å². The van der Waals surface area contributed by atoms with Gasteiger partial charge in [0.1, 0.15) is 0 Å². The fourth-order valence-corrected chi connectivity index (χ4v) is 4.34. The lowest BCUT2D eigenvalue weighted by Crippen LogP contribution is -2.39. The van der Waals surface area contributed by atoms with Crippen molar-refractivity contribution in [1.29, 1.82) is 0 Å². The van der Waals surface area contributed by atoms with Gasteiger partial charge in [0.05, 0.1) is 0 Å². The number of benzene rings is 2. The molecule has 0 aromatic heterocycles. The third kappa shape index (κ3) is 3.10. The van der Waals surface area contributed by atoms with Crippen molar-refractivity contribution < 1.29 is 18.6 Å². The lowest BCUT2D eigenvalue weighted by molar-refractivity contribution is 0.0698. The quantitative estimate of drug-likeness (QED) is 0.655. The van der Waals surface area contributed by atoms with Crippen LogP contribution in [0.4, 0.5) is 0 Å². The van der Waals surface area contributed by atoms with Gasteiger partial charge in [-0.15, -0.1) is 0 Å². The van der Waals surface area contributed by atoms with Gasteiger partial charge in [-0.05, 0) is 31.0 Å². The number of fused-ring (bicyclic) bond motifs is 2. The second kappa shape index (κ2) is 7.12. The van der Waals surface area contributed by atoms with Crippen molar-refractivity contribution in [2.75, 3.05) is 18.8 Å². The standard InChI is InChI=1S/C21H18NO4S/c23-19-15-3-1-2-4-16(15)20(24)18-11-14(5-6-17(18)19)21(25)22-9-7-13(8-10-22)12-27-26/h1-6,11,13H,7-10,12H2/q+1. The van der Waals surface area contributed by atoms with Crippen molar-refractivity contribution >= 4 is 29.1 Å². The van der Waals surface area contributed by atoms with Gasteiger partial charge in [-0.3, -0.25) is 14.4 Å². The molecule has 0 N–H and O–H groups in total. The first-order chi connectivity index (χ1) is 13.1. The molecule has 136 valence electrons. The highest BCUT2D eigenvalue weighted by molar-refractivity contribution is 7.65. The predicted octanol–water partition coefficient (Wildman–Crippen LogP) is 2.74. The van der Waals surface area contributed by atoms with Crippen LogP contribution < -0.4 is 0 Å². The Morgan fingerprint density at radius 1 is 0.926 bits per heavy atom. The molecule has 4 rings (SSSR count). The van der Waals surface area contributed by atoms with Gasteiger partial charge in [-0.2, -0.15) is 0 Å². The van der Waals surface area contributed by atoms with Gasteiger partial charge in [-0.25, -0.2) is 0 Å². The molecule has 6 heteroatoms. The van der Waals surface area contributed by atoms with Crippen molar-refractivity contribution in [3.8, 4) is 0 Å². The molecule has 1 aliphatic carbocycles. The van der Waals surface area contributed by atoms with Crippen LogP contribution in [0.2, 0.25) is 0 Å². The Bertz CT molecular complexity index is 960. The summed E-state index contributed by atoms with van der Waals surface area (Å²) in [4.78, 5) is 40.1. The molecule has 1 fully saturated rings. The first-order valence-electron chi connectivity index (χ1n) is 8.96. The zero-order chi connectivity index (χ0) is 19.0. The summed E-state index contributed by atoms with van der Waals surface area (Å²) in [5, 5.41) is 0. The Morgan fingerprint density at radius 3 is 2.15 bits per heavy atom. The number of amides is 1. The van der Waals surface area contributed by atoms with Crippen LogP contribution in [0.3, 0.4) is 0 Å². The number of hydrogen-bond acceptors (Lipinski definition) is 4. The molecule has 0 radical (unpaired) electrons. The third-order valence-corrected chi connectivity index (χ3v) is 5.99. The average Bonchev–Trinajstić information content (AvgIpc) is 2.72. The molecule has 0 spiro atoms. The molecule has 27 heavy (non-hydrogen) atoms. The van der Waals surface area contributed by atoms with E-state index < -0.39 is 0 Å². The highest BCUT2D eigenvalue weighted by atomic mass is 32.1. The van der Waals surface area contributed by atoms with Gasteiger partial charge in [0, 0.05) is 51.0 Å². The molecule has 1 amide bonds. The summed E-state index contributed by atoms with van der Waals surface area (Å²) in [7, 11) is 0. The van der Waals surface area contributed by atoms with Crippen molar-refractivity contribution in [3.05, 3.63) is 70.3 Å². The molecule has 5 nitrogen and oxygen atoms in total. The smallest absolute Gasteiger partial charge is 0.339 e. The van der Waals surface area contributed by atoms with E-state index in [1.807, 2.05) is 0 Å². The Morgan fingerprint density at radius 2 is 1.52 bits per heavy atom. The number of ketones is 2. The van der Waals surface area contributed by atoms with E-state index in [4.69, 9.17) is 0 Å². The Labute approximate surface area is 160 Å². The van der Waals surface area contributed by atoms with Crippen molar-refractivity contribution in [2.24, 2.45) is 5.92 Å². The van der Waals surface area contributed by atoms with Crippen LogP contribution in [0.25, 0.3) is 0 Å². The van der Waals surface area contributed by atoms with Crippen molar-refractivity contribution in [1.82, 2.24) is 4.90 Å². The summed E-state index contributed by atoms with van der Waals surface area (Å²) in [6.45, 7) is 1.22. The maximum absolute atomic E-state index is 12.8. The highest BCUT2D eigenvalue weighted by Gasteiger charge is 2.31. The molecular weight excluding hydrogens is 362 g/mol. The number of carbonyl (C=O) groups is 3. The summed E-state index contributed by atoms with van der Waals surface area (Å²) in [5.74, 6) is 0.397. The zero-order valence-corrected chi connectivity index (χ0v) is 15.5. The summed E-state index contributed by atoms with van der Waals surface area (Å²) in [6.07, 6.45) is 1.63. The molecule has 0 saturated carbocycles. The first kappa shape index (κ1) is 17.7. The average molecular weight is 380 g/mol. The number of nitrogens with zero attached hydrogens (tertiary/aromatic N) is 1. The lowest BCUT2D eigenvalue weighted by Gasteiger charge is -2.30. The third-order valence-electron chi connectivity index (χ3n) is 5.38. The Kier molecular flexibility index (Phi) is 4.66. The van der Waals surface area contributed by atoms with E-state index in [9.17, 15) is 18.6 Å². The fraction of sp³-hybridized carbons (Fsp3) is 0.286. The number of piperidine rings is 1. The lowest BCUT2D eigenvalue weighted by atomic mass is 9.83. The predicted molar refractivity (Wildman–Crippen MR) is 101 cm³/mol. The van der Waals surface area contributed by atoms with Gasteiger partial charge in [0.2, 0.25) is 5.75 Å². The first-order valence-corrected chi connectivity index (χ1v) is 9.87. The number of carbonyl (C=O) groups excluding carboxylic acids is 3. The van der Waals surface area contributed by atoms with Gasteiger partial charge < -0.3 is 4.90 Å². The van der Waals surface area contributed by atoms with Crippen LogP contribution in [0, 0.1) is 5.92 Å². The van der Waals surface area contributed by atoms with Gasteiger partial charge in [0.25, 0.3) is 5.91 Å². The SMILES string of the molecule is O=[S+]CC1CCN(C(=O)c2ccc3c(c2)C(=O)c2ccccc2C3=O)CC1. The fourth-order valence-electron chi connectivity index (χ4n) is 3.81. The Balaban J connectivity index is 1.60. The number of rotatable bonds is 3. The van der Waals surface area contributed by atoms with E-state index >= 15 is 0 Å². The summed E-state index contributed by atoms with van der Waals surface area (Å²) < 4.78 is 10.7. The van der Waals surface area contributed by atoms with Crippen LogP contribution in [-0.2, 0) is 15.9 Å². The molecule has 2 aromatic rings. The van der Waals surface area contributed by atoms with E-state index in [1.54, 1.807) is 47.4 Å². The molecule has 0 atom stereocenters. The van der Waals surface area contributed by atoms with Crippen LogP contribution in [0.5, 0.6) is 0 Å². The van der Waals surface area contributed by atoms with E-state index in [1.165, 1.54) is 0 Å². The zero-order valence-electron chi connectivity index (χ0n) is 14.6. The maximum Gasteiger partial charge on any atom is 0.458 e. The minimum atomic E-state index is -0.221. The van der Waals surface area contributed by atoms with Crippen LogP contribution >= 0.6 is 0 Å². The van der Waals surface area contributed by atoms with E-state index in [2.05, 4.69) is 0 Å². The molecule has 2 aromatic carbocycles. The van der Waals surface area contributed by atoms with Gasteiger partial charge in [-0.1, -0.05) is 24.3 Å². The van der Waals surface area contributed by atoms with Crippen LogP contribution in [-0.4, -0.2) is 41.2 Å². The largest absolute Gasteiger partial charge is 0.458 e. The topological polar surface area (TPSA) is 71.5 Å². The molecule has 1 aliphatic heterocycles.